The number of phenols is 1. The van der Waals surface area contributed by atoms with Crippen molar-refractivity contribution in [3.8, 4) is 5.75 Å². The van der Waals surface area contributed by atoms with Gasteiger partial charge in [-0.25, -0.2) is 4.39 Å². The Kier molecular flexibility index (Phi) is 4.45. The lowest BCUT2D eigenvalue weighted by atomic mass is 9.99. The Morgan fingerprint density at radius 2 is 2.24 bits per heavy atom. The second-order valence-electron chi connectivity index (χ2n) is 5.60. The highest BCUT2D eigenvalue weighted by atomic mass is 19.1. The smallest absolute Gasteiger partial charge is 0.257 e. The van der Waals surface area contributed by atoms with Gasteiger partial charge < -0.3 is 15.3 Å². The molecule has 1 aromatic carbocycles. The van der Waals surface area contributed by atoms with Gasteiger partial charge in [0, 0.05) is 19.2 Å². The second kappa shape index (κ2) is 6.11. The summed E-state index contributed by atoms with van der Waals surface area (Å²) in [5.41, 5.74) is -0.128. The van der Waals surface area contributed by atoms with E-state index < -0.39 is 17.8 Å². The molecule has 0 radical (unpaired) electrons. The Hall–Kier alpha value is -2.11. The quantitative estimate of drug-likeness (QED) is 0.888. The van der Waals surface area contributed by atoms with E-state index in [0.717, 1.165) is 6.07 Å². The van der Waals surface area contributed by atoms with E-state index in [-0.39, 0.29) is 23.1 Å². The van der Waals surface area contributed by atoms with E-state index in [0.29, 0.717) is 19.5 Å². The third kappa shape index (κ3) is 3.32. The number of rotatable bonds is 3. The fourth-order valence-electron chi connectivity index (χ4n) is 2.47. The zero-order valence-corrected chi connectivity index (χ0v) is 12.1. The van der Waals surface area contributed by atoms with Crippen molar-refractivity contribution in [1.29, 1.82) is 0 Å². The molecule has 0 aliphatic carbocycles. The molecule has 0 saturated carbocycles. The molecule has 1 heterocycles. The summed E-state index contributed by atoms with van der Waals surface area (Å²) in [6, 6.07) is 2.82. The number of carbonyl (C=O) groups excluding carboxylic acids is 2. The molecule has 0 spiro atoms. The van der Waals surface area contributed by atoms with Crippen LogP contribution in [-0.4, -0.2) is 41.0 Å². The van der Waals surface area contributed by atoms with Crippen molar-refractivity contribution in [1.82, 2.24) is 10.2 Å². The molecule has 1 aromatic rings. The molecule has 21 heavy (non-hydrogen) atoms. The molecule has 1 aliphatic rings. The predicted molar refractivity (Wildman–Crippen MR) is 75.4 cm³/mol. The molecule has 5 nitrogen and oxygen atoms in total. The van der Waals surface area contributed by atoms with Crippen molar-refractivity contribution in [3.63, 3.8) is 0 Å². The highest BCUT2D eigenvalue weighted by Gasteiger charge is 2.34. The number of nitrogens with one attached hydrogen (secondary N) is 1. The zero-order chi connectivity index (χ0) is 15.6. The lowest BCUT2D eigenvalue weighted by Gasteiger charge is -2.36. The molecule has 1 saturated heterocycles. The van der Waals surface area contributed by atoms with Crippen LogP contribution in [0.4, 0.5) is 4.39 Å². The summed E-state index contributed by atoms with van der Waals surface area (Å²) in [6.07, 6.45) is 0.525. The molecule has 0 unspecified atom stereocenters. The maximum absolute atomic E-state index is 13.8. The Balaban J connectivity index is 2.28. The van der Waals surface area contributed by atoms with Crippen molar-refractivity contribution >= 4 is 11.8 Å². The highest BCUT2D eigenvalue weighted by Crippen LogP contribution is 2.21. The average Bonchev–Trinajstić information content (AvgIpc) is 2.40. The van der Waals surface area contributed by atoms with Gasteiger partial charge in [0.15, 0.2) is 0 Å². The first-order valence-electron chi connectivity index (χ1n) is 6.97. The lowest BCUT2D eigenvalue weighted by Crippen LogP contribution is -2.57. The largest absolute Gasteiger partial charge is 0.508 e. The van der Waals surface area contributed by atoms with Gasteiger partial charge in [-0.05, 0) is 24.5 Å². The highest BCUT2D eigenvalue weighted by molar-refractivity contribution is 5.98. The number of hydrogen-bond donors (Lipinski definition) is 2. The van der Waals surface area contributed by atoms with Gasteiger partial charge in [-0.3, -0.25) is 9.59 Å². The molecule has 2 amide bonds. The third-order valence-electron chi connectivity index (χ3n) is 3.47. The molecule has 0 bridgehead atoms. The van der Waals surface area contributed by atoms with Gasteiger partial charge in [0.05, 0.1) is 5.56 Å². The molecule has 1 atom stereocenters. The van der Waals surface area contributed by atoms with Crippen molar-refractivity contribution in [3.05, 3.63) is 29.6 Å². The standard InChI is InChI=1S/C15H19FN2O3/c1-9(2)7-13-14(20)17-5-6-18(13)15(21)11-4-3-10(19)8-12(11)16/h3-4,8-9,13,19H,5-7H2,1-2H3,(H,17,20)/t13-/m1/s1. The monoisotopic (exact) mass is 294 g/mol. The van der Waals surface area contributed by atoms with E-state index >= 15 is 0 Å². The van der Waals surface area contributed by atoms with Crippen LogP contribution in [0.25, 0.3) is 0 Å². The van der Waals surface area contributed by atoms with Gasteiger partial charge >= 0.3 is 0 Å². The number of halogens is 1. The summed E-state index contributed by atoms with van der Waals surface area (Å²) in [5.74, 6) is -1.51. The lowest BCUT2D eigenvalue weighted by molar-refractivity contribution is -0.128. The first-order chi connectivity index (χ1) is 9.90. The minimum absolute atomic E-state index is 0.128. The molecular weight excluding hydrogens is 275 g/mol. The third-order valence-corrected chi connectivity index (χ3v) is 3.47. The number of hydrogen-bond acceptors (Lipinski definition) is 3. The molecule has 1 fully saturated rings. The van der Waals surface area contributed by atoms with Crippen LogP contribution in [-0.2, 0) is 4.79 Å². The Labute approximate surface area is 122 Å². The average molecular weight is 294 g/mol. The van der Waals surface area contributed by atoms with Crippen molar-refractivity contribution in [2.24, 2.45) is 5.92 Å². The van der Waals surface area contributed by atoms with Crippen molar-refractivity contribution in [2.75, 3.05) is 13.1 Å². The number of aromatic hydroxyl groups is 1. The summed E-state index contributed by atoms with van der Waals surface area (Å²) < 4.78 is 13.8. The fraction of sp³-hybridized carbons (Fsp3) is 0.467. The van der Waals surface area contributed by atoms with E-state index in [1.165, 1.54) is 17.0 Å². The number of phenolic OH excluding ortho intramolecular Hbond substituents is 1. The van der Waals surface area contributed by atoms with Gasteiger partial charge in [-0.1, -0.05) is 13.8 Å². The predicted octanol–water partition coefficient (Wildman–Crippen LogP) is 1.52. The first-order valence-corrected chi connectivity index (χ1v) is 6.97. The second-order valence-corrected chi connectivity index (χ2v) is 5.60. The van der Waals surface area contributed by atoms with Gasteiger partial charge in [-0.15, -0.1) is 0 Å². The minimum Gasteiger partial charge on any atom is -0.508 e. The van der Waals surface area contributed by atoms with E-state index in [9.17, 15) is 19.1 Å². The maximum Gasteiger partial charge on any atom is 0.257 e. The number of piperazine rings is 1. The molecule has 2 N–H and O–H groups in total. The number of amides is 2. The van der Waals surface area contributed by atoms with Crippen LogP contribution in [0.1, 0.15) is 30.6 Å². The summed E-state index contributed by atoms with van der Waals surface area (Å²) in [5, 5.41) is 11.9. The molecule has 6 heteroatoms. The van der Waals surface area contributed by atoms with Crippen LogP contribution >= 0.6 is 0 Å². The number of benzene rings is 1. The van der Waals surface area contributed by atoms with E-state index in [2.05, 4.69) is 5.32 Å². The van der Waals surface area contributed by atoms with E-state index in [1.807, 2.05) is 13.8 Å². The summed E-state index contributed by atoms with van der Waals surface area (Å²) in [7, 11) is 0. The number of carbonyl (C=O) groups is 2. The minimum atomic E-state index is -0.783. The summed E-state index contributed by atoms with van der Waals surface area (Å²) in [4.78, 5) is 25.9. The molecule has 2 rings (SSSR count). The van der Waals surface area contributed by atoms with Crippen LogP contribution in [0.2, 0.25) is 0 Å². The van der Waals surface area contributed by atoms with Crippen LogP contribution in [0.15, 0.2) is 18.2 Å². The SMILES string of the molecule is CC(C)C[C@@H]1C(=O)NCCN1C(=O)c1ccc(O)cc1F. The molecule has 1 aliphatic heterocycles. The van der Waals surface area contributed by atoms with Crippen LogP contribution < -0.4 is 5.32 Å². The van der Waals surface area contributed by atoms with Gasteiger partial charge in [0.1, 0.15) is 17.6 Å². The van der Waals surface area contributed by atoms with Gasteiger partial charge in [0.2, 0.25) is 5.91 Å². The van der Waals surface area contributed by atoms with Crippen molar-refractivity contribution in [2.45, 2.75) is 26.3 Å². The molecular formula is C15H19FN2O3. The fourth-order valence-corrected chi connectivity index (χ4v) is 2.47. The van der Waals surface area contributed by atoms with Crippen LogP contribution in [0.3, 0.4) is 0 Å². The Bertz CT molecular complexity index is 560. The Morgan fingerprint density at radius 1 is 1.52 bits per heavy atom. The van der Waals surface area contributed by atoms with E-state index in [4.69, 9.17) is 0 Å². The zero-order valence-electron chi connectivity index (χ0n) is 12.1. The maximum atomic E-state index is 13.8. The van der Waals surface area contributed by atoms with Crippen molar-refractivity contribution < 1.29 is 19.1 Å². The summed E-state index contributed by atoms with van der Waals surface area (Å²) >= 11 is 0. The Morgan fingerprint density at radius 3 is 2.86 bits per heavy atom. The molecule has 114 valence electrons. The van der Waals surface area contributed by atoms with Crippen LogP contribution in [0.5, 0.6) is 5.75 Å². The van der Waals surface area contributed by atoms with Crippen LogP contribution in [0, 0.1) is 11.7 Å². The molecule has 0 aromatic heterocycles. The summed E-state index contributed by atoms with van der Waals surface area (Å²) in [6.45, 7) is 4.64. The first kappa shape index (κ1) is 15.3. The normalized spacial score (nSPS) is 18.8. The topological polar surface area (TPSA) is 69.6 Å². The van der Waals surface area contributed by atoms with E-state index in [1.54, 1.807) is 0 Å². The van der Waals surface area contributed by atoms with Gasteiger partial charge in [0.25, 0.3) is 5.91 Å². The number of nitrogens with zero attached hydrogens (tertiary/aromatic N) is 1. The van der Waals surface area contributed by atoms with Gasteiger partial charge in [-0.2, -0.15) is 0 Å².